The van der Waals surface area contributed by atoms with Crippen molar-refractivity contribution in [1.29, 1.82) is 0 Å². The molecule has 0 aliphatic heterocycles. The lowest BCUT2D eigenvalue weighted by Gasteiger charge is -2.07. The van der Waals surface area contributed by atoms with Gasteiger partial charge in [0.15, 0.2) is 5.69 Å². The van der Waals surface area contributed by atoms with E-state index in [1.54, 1.807) is 19.1 Å². The second-order valence-electron chi connectivity index (χ2n) is 5.04. The number of carbonyl (C=O) groups excluding carboxylic acids is 1. The van der Waals surface area contributed by atoms with Gasteiger partial charge < -0.3 is 11.1 Å². The van der Waals surface area contributed by atoms with Crippen LogP contribution in [0.1, 0.15) is 40.5 Å². The number of carbonyl (C=O) groups is 1. The fourth-order valence-corrected chi connectivity index (χ4v) is 2.14. The molecule has 5 nitrogen and oxygen atoms in total. The van der Waals surface area contributed by atoms with Crippen LogP contribution in [0.15, 0.2) is 18.2 Å². The summed E-state index contributed by atoms with van der Waals surface area (Å²) in [6.45, 7) is 1.61. The first-order valence-corrected chi connectivity index (χ1v) is 6.48. The number of nitrogens with zero attached hydrogens (tertiary/aromatic N) is 1. The first-order chi connectivity index (χ1) is 9.58. The molecule has 3 rings (SSSR count). The lowest BCUT2D eigenvalue weighted by Crippen LogP contribution is -2.15. The Morgan fingerprint density at radius 2 is 2.25 bits per heavy atom. The van der Waals surface area contributed by atoms with E-state index in [0.717, 1.165) is 18.5 Å². The summed E-state index contributed by atoms with van der Waals surface area (Å²) in [5, 5.41) is 9.43. The highest BCUT2D eigenvalue weighted by Crippen LogP contribution is 2.42. The Hall–Kier alpha value is -2.37. The molecule has 1 aliphatic carbocycles. The number of H-pyrrole nitrogens is 1. The fraction of sp³-hybridized carbons (Fsp3) is 0.286. The van der Waals surface area contributed by atoms with Crippen LogP contribution in [0.25, 0.3) is 0 Å². The summed E-state index contributed by atoms with van der Waals surface area (Å²) in [5.74, 6) is -0.407. The van der Waals surface area contributed by atoms with Crippen LogP contribution in [0.2, 0.25) is 0 Å². The summed E-state index contributed by atoms with van der Waals surface area (Å²) in [6, 6.07) is 4.53. The van der Waals surface area contributed by atoms with Crippen molar-refractivity contribution in [2.24, 2.45) is 0 Å². The average molecular weight is 274 g/mol. The van der Waals surface area contributed by atoms with Gasteiger partial charge in [-0.3, -0.25) is 9.89 Å². The van der Waals surface area contributed by atoms with Gasteiger partial charge in [0.1, 0.15) is 5.82 Å². The standard InChI is InChI=1S/C14H15FN4O/c1-7-9(15)3-2-4-10(7)17-14(20)13-11(16)12(18-19-13)8-5-6-8/h2-4,8H,5-6,16H2,1H3,(H,17,20)(H,18,19). The lowest BCUT2D eigenvalue weighted by molar-refractivity contribution is 0.102. The van der Waals surface area contributed by atoms with Crippen molar-refractivity contribution in [2.45, 2.75) is 25.7 Å². The van der Waals surface area contributed by atoms with Crippen LogP contribution in [0.3, 0.4) is 0 Å². The number of hydrogen-bond donors (Lipinski definition) is 3. The van der Waals surface area contributed by atoms with E-state index in [4.69, 9.17) is 5.73 Å². The number of amides is 1. The monoisotopic (exact) mass is 274 g/mol. The predicted octanol–water partition coefficient (Wildman–Crippen LogP) is 2.57. The van der Waals surface area contributed by atoms with E-state index in [2.05, 4.69) is 15.5 Å². The van der Waals surface area contributed by atoms with E-state index >= 15 is 0 Å². The van der Waals surface area contributed by atoms with Crippen LogP contribution in [-0.4, -0.2) is 16.1 Å². The molecule has 1 aliphatic rings. The third kappa shape index (κ3) is 2.13. The average Bonchev–Trinajstić information content (AvgIpc) is 3.18. The molecule has 0 spiro atoms. The number of nitrogen functional groups attached to an aromatic ring is 1. The minimum atomic E-state index is -0.431. The van der Waals surface area contributed by atoms with Crippen molar-refractivity contribution < 1.29 is 9.18 Å². The SMILES string of the molecule is Cc1c(F)cccc1NC(=O)c1n[nH]c(C2CC2)c1N. The van der Waals surface area contributed by atoms with Crippen molar-refractivity contribution in [2.75, 3.05) is 11.1 Å². The van der Waals surface area contributed by atoms with Crippen LogP contribution >= 0.6 is 0 Å². The molecule has 20 heavy (non-hydrogen) atoms. The number of aromatic nitrogens is 2. The largest absolute Gasteiger partial charge is 0.395 e. The molecule has 0 radical (unpaired) electrons. The number of nitrogens with two attached hydrogens (primary N) is 1. The zero-order valence-electron chi connectivity index (χ0n) is 11.0. The van der Waals surface area contributed by atoms with Crippen molar-refractivity contribution >= 4 is 17.3 Å². The molecule has 0 saturated heterocycles. The minimum absolute atomic E-state index is 0.163. The number of rotatable bonds is 3. The molecule has 2 aromatic rings. The van der Waals surface area contributed by atoms with E-state index in [1.807, 2.05) is 0 Å². The van der Waals surface area contributed by atoms with Gasteiger partial charge in [0, 0.05) is 17.2 Å². The maximum absolute atomic E-state index is 13.4. The number of benzene rings is 1. The van der Waals surface area contributed by atoms with E-state index in [0.29, 0.717) is 22.9 Å². The van der Waals surface area contributed by atoms with Gasteiger partial charge in [0.2, 0.25) is 0 Å². The van der Waals surface area contributed by atoms with Crippen LogP contribution in [0, 0.1) is 12.7 Å². The molecular weight excluding hydrogens is 259 g/mol. The molecule has 0 atom stereocenters. The molecule has 1 amide bonds. The predicted molar refractivity (Wildman–Crippen MR) is 74.1 cm³/mol. The van der Waals surface area contributed by atoms with E-state index < -0.39 is 5.91 Å². The smallest absolute Gasteiger partial charge is 0.278 e. The van der Waals surface area contributed by atoms with Crippen molar-refractivity contribution in [3.8, 4) is 0 Å². The third-order valence-electron chi connectivity index (χ3n) is 3.55. The van der Waals surface area contributed by atoms with Gasteiger partial charge in [-0.1, -0.05) is 6.07 Å². The Bertz CT molecular complexity index is 676. The first-order valence-electron chi connectivity index (χ1n) is 6.48. The summed E-state index contributed by atoms with van der Waals surface area (Å²) < 4.78 is 13.4. The van der Waals surface area contributed by atoms with Gasteiger partial charge in [-0.2, -0.15) is 5.10 Å². The summed E-state index contributed by atoms with van der Waals surface area (Å²) in [7, 11) is 0. The highest BCUT2D eigenvalue weighted by atomic mass is 19.1. The maximum atomic E-state index is 13.4. The highest BCUT2D eigenvalue weighted by Gasteiger charge is 2.30. The summed E-state index contributed by atoms with van der Waals surface area (Å²) in [6.07, 6.45) is 2.13. The van der Waals surface area contributed by atoms with Crippen LogP contribution < -0.4 is 11.1 Å². The number of aromatic amines is 1. The Balaban J connectivity index is 1.84. The van der Waals surface area contributed by atoms with Gasteiger partial charge in [-0.25, -0.2) is 4.39 Å². The molecule has 4 N–H and O–H groups in total. The molecule has 104 valence electrons. The van der Waals surface area contributed by atoms with Crippen LogP contribution in [-0.2, 0) is 0 Å². The molecular formula is C14H15FN4O. The Morgan fingerprint density at radius 3 is 2.95 bits per heavy atom. The molecule has 1 saturated carbocycles. The Morgan fingerprint density at radius 1 is 1.50 bits per heavy atom. The zero-order chi connectivity index (χ0) is 14.3. The van der Waals surface area contributed by atoms with Crippen molar-refractivity contribution in [3.05, 3.63) is 41.0 Å². The third-order valence-corrected chi connectivity index (χ3v) is 3.55. The van der Waals surface area contributed by atoms with Crippen molar-refractivity contribution in [3.63, 3.8) is 0 Å². The topological polar surface area (TPSA) is 83.8 Å². The molecule has 0 unspecified atom stereocenters. The Kier molecular flexibility index (Phi) is 2.93. The fourth-order valence-electron chi connectivity index (χ4n) is 2.14. The van der Waals surface area contributed by atoms with Gasteiger partial charge in [-0.05, 0) is 31.9 Å². The van der Waals surface area contributed by atoms with E-state index in [-0.39, 0.29) is 11.5 Å². The molecule has 6 heteroatoms. The van der Waals surface area contributed by atoms with Gasteiger partial charge >= 0.3 is 0 Å². The summed E-state index contributed by atoms with van der Waals surface area (Å²) in [4.78, 5) is 12.2. The maximum Gasteiger partial charge on any atom is 0.278 e. The number of halogens is 1. The summed E-state index contributed by atoms with van der Waals surface area (Å²) in [5.41, 5.74) is 8.12. The highest BCUT2D eigenvalue weighted by molar-refractivity contribution is 6.06. The van der Waals surface area contributed by atoms with Crippen LogP contribution in [0.4, 0.5) is 15.8 Å². The van der Waals surface area contributed by atoms with Crippen molar-refractivity contribution in [1.82, 2.24) is 10.2 Å². The summed E-state index contributed by atoms with van der Waals surface area (Å²) >= 11 is 0. The van der Waals surface area contributed by atoms with Gasteiger partial charge in [0.25, 0.3) is 5.91 Å². The quantitative estimate of drug-likeness (QED) is 0.804. The lowest BCUT2D eigenvalue weighted by atomic mass is 10.1. The molecule has 1 aromatic heterocycles. The first kappa shape index (κ1) is 12.7. The van der Waals surface area contributed by atoms with Gasteiger partial charge in [0.05, 0.1) is 11.4 Å². The number of nitrogens with one attached hydrogen (secondary N) is 2. The van der Waals surface area contributed by atoms with Gasteiger partial charge in [-0.15, -0.1) is 0 Å². The normalized spacial score (nSPS) is 14.3. The van der Waals surface area contributed by atoms with Crippen LogP contribution in [0.5, 0.6) is 0 Å². The number of hydrogen-bond acceptors (Lipinski definition) is 3. The van der Waals surface area contributed by atoms with E-state index in [9.17, 15) is 9.18 Å². The zero-order valence-corrected chi connectivity index (χ0v) is 11.0. The number of anilines is 2. The molecule has 1 fully saturated rings. The molecule has 1 heterocycles. The second-order valence-corrected chi connectivity index (χ2v) is 5.04. The molecule has 0 bridgehead atoms. The molecule has 1 aromatic carbocycles. The second kappa shape index (κ2) is 4.63. The minimum Gasteiger partial charge on any atom is -0.395 e. The Labute approximate surface area is 115 Å². The van der Waals surface area contributed by atoms with E-state index in [1.165, 1.54) is 6.07 Å².